The Morgan fingerprint density at radius 2 is 1.56 bits per heavy atom. The molecule has 8 nitrogen and oxygen atoms in total. The molecule has 5 rings (SSSR count). The summed E-state index contributed by atoms with van der Waals surface area (Å²) in [6, 6.07) is 17.5. The van der Waals surface area contributed by atoms with Crippen LogP contribution in [0.1, 0.15) is 39.6 Å². The minimum Gasteiger partial charge on any atom is -0.459 e. The minimum atomic E-state index is -0.346. The fourth-order valence-corrected chi connectivity index (χ4v) is 3.73. The van der Waals surface area contributed by atoms with E-state index in [0.717, 1.165) is 43.0 Å². The largest absolute Gasteiger partial charge is 0.459 e. The van der Waals surface area contributed by atoms with Crippen molar-refractivity contribution in [3.8, 4) is 11.4 Å². The van der Waals surface area contributed by atoms with Crippen LogP contribution in [-0.2, 0) is 13.0 Å². The zero-order valence-electron chi connectivity index (χ0n) is 17.2. The molecule has 160 valence electrons. The van der Waals surface area contributed by atoms with Crippen molar-refractivity contribution in [3.63, 3.8) is 0 Å². The first-order valence-electron chi connectivity index (χ1n) is 10.5. The van der Waals surface area contributed by atoms with Crippen LogP contribution in [0.25, 0.3) is 11.4 Å². The molecule has 2 N–H and O–H groups in total. The predicted octanol–water partition coefficient (Wildman–Crippen LogP) is 4.38. The molecule has 0 spiro atoms. The highest BCUT2D eigenvalue weighted by Gasteiger charge is 2.17. The highest BCUT2D eigenvalue weighted by atomic mass is 16.3. The standard InChI is InChI=1S/C24H21N5O3/c30-23(17-8-12-19(13-9-17)26-24(31)20-4-3-15-32-20)25-18-10-6-16(7-11-18)22-28-27-21-5-1-2-14-29(21)22/h3-4,6-13,15H,1-2,5,14H2,(H,25,30)(H,26,31). The van der Waals surface area contributed by atoms with E-state index in [-0.39, 0.29) is 17.6 Å². The monoisotopic (exact) mass is 427 g/mol. The van der Waals surface area contributed by atoms with Crippen molar-refractivity contribution in [2.45, 2.75) is 25.8 Å². The molecule has 8 heteroatoms. The molecule has 1 aliphatic heterocycles. The van der Waals surface area contributed by atoms with E-state index in [4.69, 9.17) is 4.42 Å². The van der Waals surface area contributed by atoms with Gasteiger partial charge in [0, 0.05) is 35.5 Å². The highest BCUT2D eigenvalue weighted by molar-refractivity contribution is 6.05. The van der Waals surface area contributed by atoms with Crippen molar-refractivity contribution in [2.75, 3.05) is 10.6 Å². The summed E-state index contributed by atoms with van der Waals surface area (Å²) in [5.74, 6) is 1.54. The number of hydrogen-bond donors (Lipinski definition) is 2. The van der Waals surface area contributed by atoms with Gasteiger partial charge in [0.25, 0.3) is 11.8 Å². The van der Waals surface area contributed by atoms with Crippen LogP contribution in [0.4, 0.5) is 11.4 Å². The molecule has 3 heterocycles. The Morgan fingerprint density at radius 1 is 0.844 bits per heavy atom. The van der Waals surface area contributed by atoms with Crippen molar-refractivity contribution < 1.29 is 14.0 Å². The van der Waals surface area contributed by atoms with Crippen LogP contribution in [-0.4, -0.2) is 26.6 Å². The van der Waals surface area contributed by atoms with E-state index in [2.05, 4.69) is 25.4 Å². The number of fused-ring (bicyclic) bond motifs is 1. The van der Waals surface area contributed by atoms with Gasteiger partial charge >= 0.3 is 0 Å². The van der Waals surface area contributed by atoms with E-state index >= 15 is 0 Å². The topological polar surface area (TPSA) is 102 Å². The van der Waals surface area contributed by atoms with Crippen LogP contribution in [0.15, 0.2) is 71.3 Å². The van der Waals surface area contributed by atoms with Gasteiger partial charge in [-0.3, -0.25) is 9.59 Å². The van der Waals surface area contributed by atoms with Gasteiger partial charge in [-0.05, 0) is 73.5 Å². The third-order valence-electron chi connectivity index (χ3n) is 5.41. The molecule has 0 saturated carbocycles. The number of nitrogens with zero attached hydrogens (tertiary/aromatic N) is 3. The van der Waals surface area contributed by atoms with Crippen molar-refractivity contribution in [1.29, 1.82) is 0 Å². The second-order valence-corrected chi connectivity index (χ2v) is 7.59. The van der Waals surface area contributed by atoms with Gasteiger partial charge in [0.15, 0.2) is 11.6 Å². The van der Waals surface area contributed by atoms with E-state index in [1.807, 2.05) is 24.3 Å². The fourth-order valence-electron chi connectivity index (χ4n) is 3.73. The number of rotatable bonds is 5. The van der Waals surface area contributed by atoms with Gasteiger partial charge in [0.1, 0.15) is 5.82 Å². The van der Waals surface area contributed by atoms with Gasteiger partial charge < -0.3 is 19.6 Å². The van der Waals surface area contributed by atoms with Gasteiger partial charge in [-0.15, -0.1) is 10.2 Å². The van der Waals surface area contributed by atoms with Gasteiger partial charge in [0.2, 0.25) is 0 Å². The molecule has 0 saturated heterocycles. The Bertz CT molecular complexity index is 1240. The van der Waals surface area contributed by atoms with E-state index in [0.29, 0.717) is 16.9 Å². The zero-order valence-corrected chi connectivity index (χ0v) is 17.2. The van der Waals surface area contributed by atoms with Gasteiger partial charge in [-0.2, -0.15) is 0 Å². The average Bonchev–Trinajstić information content (AvgIpc) is 3.51. The molecule has 0 unspecified atom stereocenters. The Hall–Kier alpha value is -4.20. The lowest BCUT2D eigenvalue weighted by Gasteiger charge is -2.14. The molecule has 0 bridgehead atoms. The molecular weight excluding hydrogens is 406 g/mol. The number of carbonyl (C=O) groups excluding carboxylic acids is 2. The van der Waals surface area contributed by atoms with Crippen LogP contribution in [0.3, 0.4) is 0 Å². The highest BCUT2D eigenvalue weighted by Crippen LogP contribution is 2.24. The number of furan rings is 1. The average molecular weight is 427 g/mol. The van der Waals surface area contributed by atoms with E-state index in [1.165, 1.54) is 6.26 Å². The molecule has 0 radical (unpaired) electrons. The molecule has 0 aliphatic carbocycles. The first kappa shape index (κ1) is 19.7. The van der Waals surface area contributed by atoms with Crippen LogP contribution in [0.5, 0.6) is 0 Å². The predicted molar refractivity (Wildman–Crippen MR) is 119 cm³/mol. The number of carbonyl (C=O) groups is 2. The number of anilines is 2. The Kier molecular flexibility index (Phi) is 5.25. The Balaban J connectivity index is 1.23. The van der Waals surface area contributed by atoms with Gasteiger partial charge in [-0.1, -0.05) is 0 Å². The van der Waals surface area contributed by atoms with Gasteiger partial charge in [-0.25, -0.2) is 0 Å². The third-order valence-corrected chi connectivity index (χ3v) is 5.41. The van der Waals surface area contributed by atoms with E-state index in [9.17, 15) is 9.59 Å². The summed E-state index contributed by atoms with van der Waals surface area (Å²) in [6.45, 7) is 0.939. The lowest BCUT2D eigenvalue weighted by molar-refractivity contribution is 0.0995. The summed E-state index contributed by atoms with van der Waals surface area (Å²) in [5.41, 5.74) is 2.72. The fraction of sp³-hybridized carbons (Fsp3) is 0.167. The SMILES string of the molecule is O=C(Nc1ccc(-c2nnc3n2CCCC3)cc1)c1ccc(NC(=O)c2ccco2)cc1. The molecule has 2 amide bonds. The number of aromatic nitrogens is 3. The molecule has 0 fully saturated rings. The quantitative estimate of drug-likeness (QED) is 0.492. The maximum absolute atomic E-state index is 12.6. The Morgan fingerprint density at radius 3 is 2.28 bits per heavy atom. The van der Waals surface area contributed by atoms with Crippen LogP contribution >= 0.6 is 0 Å². The summed E-state index contributed by atoms with van der Waals surface area (Å²) >= 11 is 0. The summed E-state index contributed by atoms with van der Waals surface area (Å²) < 4.78 is 7.24. The van der Waals surface area contributed by atoms with Crippen LogP contribution in [0, 0.1) is 0 Å². The number of hydrogen-bond acceptors (Lipinski definition) is 5. The van der Waals surface area contributed by atoms with Gasteiger partial charge in [0.05, 0.1) is 6.26 Å². The summed E-state index contributed by atoms with van der Waals surface area (Å²) in [7, 11) is 0. The molecule has 1 aliphatic rings. The number of aryl methyl sites for hydroxylation is 1. The number of benzene rings is 2. The van der Waals surface area contributed by atoms with Crippen LogP contribution in [0.2, 0.25) is 0 Å². The summed E-state index contributed by atoms with van der Waals surface area (Å²) in [5, 5.41) is 14.3. The molecular formula is C24H21N5O3. The van der Waals surface area contributed by atoms with Crippen molar-refractivity contribution >= 4 is 23.2 Å². The molecule has 2 aromatic heterocycles. The third kappa shape index (κ3) is 4.02. The summed E-state index contributed by atoms with van der Waals surface area (Å²) in [6.07, 6.45) is 4.69. The lowest BCUT2D eigenvalue weighted by Crippen LogP contribution is -2.13. The maximum atomic E-state index is 12.6. The number of nitrogens with one attached hydrogen (secondary N) is 2. The summed E-state index contributed by atoms with van der Waals surface area (Å²) in [4.78, 5) is 24.6. The van der Waals surface area contributed by atoms with Crippen molar-refractivity contribution in [3.05, 3.63) is 84.1 Å². The van der Waals surface area contributed by atoms with E-state index in [1.54, 1.807) is 36.4 Å². The molecule has 32 heavy (non-hydrogen) atoms. The number of amides is 2. The smallest absolute Gasteiger partial charge is 0.291 e. The lowest BCUT2D eigenvalue weighted by atomic mass is 10.1. The first-order chi connectivity index (χ1) is 15.7. The van der Waals surface area contributed by atoms with Crippen molar-refractivity contribution in [2.24, 2.45) is 0 Å². The van der Waals surface area contributed by atoms with Crippen LogP contribution < -0.4 is 10.6 Å². The van der Waals surface area contributed by atoms with E-state index < -0.39 is 0 Å². The molecule has 2 aromatic carbocycles. The Labute approximate surface area is 184 Å². The zero-order chi connectivity index (χ0) is 21.9. The van der Waals surface area contributed by atoms with Crippen molar-refractivity contribution in [1.82, 2.24) is 14.8 Å². The molecule has 4 aromatic rings. The second-order valence-electron chi connectivity index (χ2n) is 7.59. The first-order valence-corrected chi connectivity index (χ1v) is 10.5. The minimum absolute atomic E-state index is 0.224. The maximum Gasteiger partial charge on any atom is 0.291 e. The second kappa shape index (κ2) is 8.50. The molecule has 0 atom stereocenters. The normalized spacial score (nSPS) is 12.8.